The predicted molar refractivity (Wildman–Crippen MR) is 97.9 cm³/mol. The zero-order valence-electron chi connectivity index (χ0n) is 13.5. The van der Waals surface area contributed by atoms with Crippen molar-refractivity contribution < 1.29 is 0 Å². The zero-order valence-corrected chi connectivity index (χ0v) is 15.0. The van der Waals surface area contributed by atoms with E-state index in [0.29, 0.717) is 6.71 Å². The summed E-state index contributed by atoms with van der Waals surface area (Å²) in [7, 11) is 0. The van der Waals surface area contributed by atoms with Crippen LogP contribution in [0.2, 0.25) is 11.6 Å². The van der Waals surface area contributed by atoms with Crippen molar-refractivity contribution >= 4 is 29.9 Å². The Morgan fingerprint density at radius 2 is 1.38 bits per heavy atom. The first-order valence-electron chi connectivity index (χ1n) is 9.24. The van der Waals surface area contributed by atoms with Crippen molar-refractivity contribution in [1.29, 1.82) is 0 Å². The smallest absolute Gasteiger partial charge is 0.127 e. The minimum absolute atomic E-state index is 0.670. The van der Waals surface area contributed by atoms with Gasteiger partial charge in [0.2, 0.25) is 0 Å². The fourth-order valence-corrected chi connectivity index (χ4v) is 5.09. The maximum Gasteiger partial charge on any atom is 0.196 e. The molecule has 0 bridgehead atoms. The molecule has 0 unspecified atom stereocenters. The van der Waals surface area contributed by atoms with Crippen LogP contribution in [0.5, 0.6) is 0 Å². The van der Waals surface area contributed by atoms with Crippen LogP contribution < -0.4 is 0 Å². The maximum absolute atomic E-state index is 6.82. The van der Waals surface area contributed by atoms with E-state index in [1.54, 1.807) is 0 Å². The fraction of sp³-hybridized carbons (Fsp3) is 0.889. The Morgan fingerprint density at radius 1 is 0.857 bits per heavy atom. The van der Waals surface area contributed by atoms with E-state index in [4.69, 9.17) is 23.2 Å². The van der Waals surface area contributed by atoms with Crippen molar-refractivity contribution in [2.24, 2.45) is 0 Å². The van der Waals surface area contributed by atoms with E-state index in [2.05, 4.69) is 6.08 Å². The van der Waals surface area contributed by atoms with E-state index < -0.39 is 0 Å². The van der Waals surface area contributed by atoms with Gasteiger partial charge in [-0.3, -0.25) is 0 Å². The predicted octanol–water partition coefficient (Wildman–Crippen LogP) is 7.22. The highest BCUT2D eigenvalue weighted by molar-refractivity contribution is 6.80. The molecule has 21 heavy (non-hydrogen) atoms. The molecule has 0 aromatic carbocycles. The Morgan fingerprint density at radius 3 is 1.86 bits per heavy atom. The molecule has 0 aliphatic heterocycles. The van der Waals surface area contributed by atoms with Crippen molar-refractivity contribution in [3.63, 3.8) is 0 Å². The first-order chi connectivity index (χ1) is 10.3. The Labute approximate surface area is 142 Å². The molecule has 2 aliphatic carbocycles. The first-order valence-corrected chi connectivity index (χ1v) is 10.2. The lowest BCUT2D eigenvalue weighted by Gasteiger charge is -2.35. The lowest BCUT2D eigenvalue weighted by molar-refractivity contribution is 0.464. The van der Waals surface area contributed by atoms with Gasteiger partial charge in [0.15, 0.2) is 6.71 Å². The molecule has 0 aromatic heterocycles. The monoisotopic (exact) mass is 328 g/mol. The minimum atomic E-state index is 0.670. The number of hydrogen-bond acceptors (Lipinski definition) is 0. The van der Waals surface area contributed by atoms with E-state index >= 15 is 0 Å². The quantitative estimate of drug-likeness (QED) is 0.263. The third-order valence-corrected chi connectivity index (χ3v) is 6.23. The zero-order chi connectivity index (χ0) is 14.9. The van der Waals surface area contributed by atoms with Gasteiger partial charge in [0.25, 0.3) is 0 Å². The number of allylic oxidation sites excluding steroid dienone is 1. The Kier molecular flexibility index (Phi) is 8.63. The molecule has 0 aromatic rings. The molecule has 2 aliphatic rings. The second-order valence-electron chi connectivity index (χ2n) is 7.10. The lowest BCUT2D eigenvalue weighted by Crippen LogP contribution is -2.31. The summed E-state index contributed by atoms with van der Waals surface area (Å²) in [4.78, 5) is 1.20. The SMILES string of the molecule is ClCCCC/C=C(\Cl)B(C1CCCCC1)C1CCCCC1. The summed E-state index contributed by atoms with van der Waals surface area (Å²) in [5.74, 6) is 2.50. The average Bonchev–Trinajstić information content (AvgIpc) is 2.54. The van der Waals surface area contributed by atoms with Crippen LogP contribution in [-0.4, -0.2) is 12.6 Å². The number of alkyl halides is 1. The topological polar surface area (TPSA) is 0 Å². The summed E-state index contributed by atoms with van der Waals surface area (Å²) in [6, 6.07) is 0. The Bertz CT molecular complexity index is 286. The second kappa shape index (κ2) is 10.2. The molecule has 3 heteroatoms. The van der Waals surface area contributed by atoms with Crippen LogP contribution in [0, 0.1) is 0 Å². The molecule has 120 valence electrons. The molecular formula is C18H31BCl2. The van der Waals surface area contributed by atoms with Gasteiger partial charge in [0, 0.05) is 5.88 Å². The standard InChI is InChI=1S/C18H31BCl2/c20-15-9-3-8-14-18(21)19(16-10-4-1-5-11-16)17-12-6-2-7-13-17/h14,16-17H,1-13,15H2/b18-14-. The van der Waals surface area contributed by atoms with Crippen LogP contribution in [-0.2, 0) is 0 Å². The minimum Gasteiger partial charge on any atom is -0.127 e. The molecule has 2 fully saturated rings. The van der Waals surface area contributed by atoms with Gasteiger partial charge in [-0.1, -0.05) is 81.9 Å². The highest BCUT2D eigenvalue weighted by Gasteiger charge is 2.36. The van der Waals surface area contributed by atoms with Crippen molar-refractivity contribution in [3.8, 4) is 0 Å². The second-order valence-corrected chi connectivity index (χ2v) is 7.91. The highest BCUT2D eigenvalue weighted by Crippen LogP contribution is 2.44. The van der Waals surface area contributed by atoms with Crippen molar-refractivity contribution in [1.82, 2.24) is 0 Å². The van der Waals surface area contributed by atoms with Gasteiger partial charge < -0.3 is 0 Å². The lowest BCUT2D eigenvalue weighted by atomic mass is 9.30. The van der Waals surface area contributed by atoms with Gasteiger partial charge in [-0.25, -0.2) is 0 Å². The summed E-state index contributed by atoms with van der Waals surface area (Å²) in [6.07, 6.45) is 19.9. The Hall–Kier alpha value is 0.385. The molecule has 2 saturated carbocycles. The molecule has 0 nitrogen and oxygen atoms in total. The molecule has 0 atom stereocenters. The van der Waals surface area contributed by atoms with Crippen LogP contribution in [0.25, 0.3) is 0 Å². The summed E-state index contributed by atoms with van der Waals surface area (Å²) >= 11 is 12.6. The van der Waals surface area contributed by atoms with Crippen LogP contribution in [0.3, 0.4) is 0 Å². The normalized spacial score (nSPS) is 22.5. The summed E-state index contributed by atoms with van der Waals surface area (Å²) in [5, 5.41) is 0. The van der Waals surface area contributed by atoms with Gasteiger partial charge in [-0.05, 0) is 24.2 Å². The summed E-state index contributed by atoms with van der Waals surface area (Å²) in [5.41, 5.74) is 0. The molecule has 2 rings (SSSR count). The van der Waals surface area contributed by atoms with Crippen LogP contribution in [0.1, 0.15) is 83.5 Å². The first kappa shape index (κ1) is 17.7. The van der Waals surface area contributed by atoms with Gasteiger partial charge >= 0.3 is 0 Å². The van der Waals surface area contributed by atoms with Gasteiger partial charge in [0.05, 0.1) is 0 Å². The van der Waals surface area contributed by atoms with E-state index in [-0.39, 0.29) is 0 Å². The molecule has 0 amide bonds. The van der Waals surface area contributed by atoms with E-state index in [0.717, 1.165) is 30.4 Å². The fourth-order valence-electron chi connectivity index (χ4n) is 4.44. The molecule has 0 heterocycles. The van der Waals surface area contributed by atoms with Gasteiger partial charge in [0.1, 0.15) is 0 Å². The molecule has 0 saturated heterocycles. The number of hydrogen-bond donors (Lipinski definition) is 0. The summed E-state index contributed by atoms with van der Waals surface area (Å²) < 4.78 is 0. The van der Waals surface area contributed by atoms with Crippen LogP contribution in [0.4, 0.5) is 0 Å². The van der Waals surface area contributed by atoms with Crippen LogP contribution in [0.15, 0.2) is 11.0 Å². The highest BCUT2D eigenvalue weighted by atomic mass is 35.5. The van der Waals surface area contributed by atoms with Crippen molar-refractivity contribution in [3.05, 3.63) is 11.0 Å². The third kappa shape index (κ3) is 5.83. The molecule has 0 spiro atoms. The third-order valence-electron chi connectivity index (χ3n) is 5.56. The van der Waals surface area contributed by atoms with Gasteiger partial charge in [-0.2, -0.15) is 0 Å². The van der Waals surface area contributed by atoms with E-state index in [1.165, 1.54) is 75.6 Å². The van der Waals surface area contributed by atoms with E-state index in [9.17, 15) is 0 Å². The number of unbranched alkanes of at least 4 members (excludes halogenated alkanes) is 2. The number of halogens is 2. The van der Waals surface area contributed by atoms with Gasteiger partial charge in [-0.15, -0.1) is 23.2 Å². The molecular weight excluding hydrogens is 298 g/mol. The van der Waals surface area contributed by atoms with E-state index in [1.807, 2.05) is 0 Å². The maximum atomic E-state index is 6.82. The summed E-state index contributed by atoms with van der Waals surface area (Å²) in [6.45, 7) is 0.670. The van der Waals surface area contributed by atoms with Crippen molar-refractivity contribution in [2.75, 3.05) is 5.88 Å². The Balaban J connectivity index is 1.98. The largest absolute Gasteiger partial charge is 0.196 e. The average molecular weight is 329 g/mol. The van der Waals surface area contributed by atoms with Crippen LogP contribution >= 0.6 is 23.2 Å². The number of rotatable bonds is 7. The van der Waals surface area contributed by atoms with Crippen molar-refractivity contribution in [2.45, 2.75) is 95.1 Å². The molecule has 0 N–H and O–H groups in total. The molecule has 0 radical (unpaired) electrons.